The Morgan fingerprint density at radius 2 is 1.95 bits per heavy atom. The van der Waals surface area contributed by atoms with Gasteiger partial charge in [-0.2, -0.15) is 0 Å². The first-order valence-electron chi connectivity index (χ1n) is 5.86. The van der Waals surface area contributed by atoms with Gasteiger partial charge in [0.05, 0.1) is 6.04 Å². The van der Waals surface area contributed by atoms with Gasteiger partial charge in [-0.3, -0.25) is 11.3 Å². The fraction of sp³-hybridized carbons (Fsp3) is 0.143. The van der Waals surface area contributed by atoms with E-state index < -0.39 is 11.9 Å². The molecule has 0 aliphatic heterocycles. The molecule has 0 saturated carbocycles. The molecule has 0 spiro atoms. The van der Waals surface area contributed by atoms with Gasteiger partial charge < -0.3 is 0 Å². The van der Waals surface area contributed by atoms with Crippen molar-refractivity contribution in [3.63, 3.8) is 0 Å². The average Bonchev–Trinajstić information content (AvgIpc) is 2.39. The number of hydrazine groups is 1. The normalized spacial score (nSPS) is 12.4. The zero-order valence-electron chi connectivity index (χ0n) is 10.3. The summed E-state index contributed by atoms with van der Waals surface area (Å²) in [5.74, 6) is 4.73. The molecule has 0 amide bonds. The molecule has 0 aliphatic rings. The summed E-state index contributed by atoms with van der Waals surface area (Å²) >= 11 is 9.01. The summed E-state index contributed by atoms with van der Waals surface area (Å²) in [7, 11) is 0. The summed E-state index contributed by atoms with van der Waals surface area (Å²) in [6.07, 6.45) is 0.413. The Morgan fingerprint density at radius 3 is 2.55 bits per heavy atom. The van der Waals surface area contributed by atoms with Crippen LogP contribution in [0.1, 0.15) is 17.2 Å². The maximum absolute atomic E-state index is 13.9. The van der Waals surface area contributed by atoms with Crippen molar-refractivity contribution in [2.75, 3.05) is 0 Å². The van der Waals surface area contributed by atoms with Crippen LogP contribution in [0.3, 0.4) is 0 Å². The molecule has 0 radical (unpaired) electrons. The Hall–Kier alpha value is -1.01. The molecule has 2 aromatic rings. The molecule has 0 fully saturated rings. The van der Waals surface area contributed by atoms with Gasteiger partial charge in [0.15, 0.2) is 0 Å². The molecule has 1 unspecified atom stereocenters. The Kier molecular flexibility index (Phi) is 5.10. The first-order chi connectivity index (χ1) is 9.51. The Bertz CT molecular complexity index is 622. The maximum atomic E-state index is 13.9. The third-order valence-corrected chi connectivity index (χ3v) is 3.95. The molecule has 1 atom stereocenters. The van der Waals surface area contributed by atoms with Gasteiger partial charge in [-0.25, -0.2) is 8.78 Å². The molecule has 0 saturated heterocycles. The minimum Gasteiger partial charge on any atom is -0.271 e. The summed E-state index contributed by atoms with van der Waals surface area (Å²) in [6, 6.07) is 8.34. The second-order valence-corrected chi connectivity index (χ2v) is 5.62. The van der Waals surface area contributed by atoms with Crippen molar-refractivity contribution < 1.29 is 8.78 Å². The van der Waals surface area contributed by atoms with E-state index in [1.807, 2.05) is 0 Å². The van der Waals surface area contributed by atoms with Crippen LogP contribution in [0.4, 0.5) is 8.78 Å². The lowest BCUT2D eigenvalue weighted by atomic mass is 9.99. The van der Waals surface area contributed by atoms with Crippen LogP contribution in [0.15, 0.2) is 40.9 Å². The van der Waals surface area contributed by atoms with E-state index in [9.17, 15) is 8.78 Å². The minimum atomic E-state index is -0.436. The van der Waals surface area contributed by atoms with Crippen molar-refractivity contribution in [3.8, 4) is 0 Å². The van der Waals surface area contributed by atoms with E-state index in [2.05, 4.69) is 21.4 Å². The van der Waals surface area contributed by atoms with E-state index in [0.29, 0.717) is 21.5 Å². The highest BCUT2D eigenvalue weighted by molar-refractivity contribution is 9.10. The highest BCUT2D eigenvalue weighted by Gasteiger charge is 2.16. The predicted molar refractivity (Wildman–Crippen MR) is 79.3 cm³/mol. The van der Waals surface area contributed by atoms with E-state index in [1.165, 1.54) is 18.2 Å². The first kappa shape index (κ1) is 15.4. The van der Waals surface area contributed by atoms with Crippen molar-refractivity contribution >= 4 is 27.5 Å². The van der Waals surface area contributed by atoms with Crippen LogP contribution in [0, 0.1) is 11.6 Å². The fourth-order valence-electron chi connectivity index (χ4n) is 1.95. The molecule has 2 rings (SSSR count). The Balaban J connectivity index is 2.28. The molecule has 2 aromatic carbocycles. The van der Waals surface area contributed by atoms with Crippen LogP contribution in [0.5, 0.6) is 0 Å². The number of rotatable bonds is 4. The quantitative estimate of drug-likeness (QED) is 0.635. The van der Waals surface area contributed by atoms with Crippen LogP contribution >= 0.6 is 27.5 Å². The average molecular weight is 362 g/mol. The number of halogens is 4. The van der Waals surface area contributed by atoms with Gasteiger partial charge in [0.2, 0.25) is 0 Å². The third-order valence-electron chi connectivity index (χ3n) is 2.98. The lowest BCUT2D eigenvalue weighted by molar-refractivity contribution is 0.509. The molecule has 0 aromatic heterocycles. The van der Waals surface area contributed by atoms with Crippen molar-refractivity contribution in [3.05, 3.63) is 68.7 Å². The van der Waals surface area contributed by atoms with E-state index in [4.69, 9.17) is 17.4 Å². The SMILES string of the molecule is NNC(Cc1ccc(F)cc1Br)c1ccc(Cl)cc1F. The van der Waals surface area contributed by atoms with Crippen LogP contribution in [-0.4, -0.2) is 0 Å². The summed E-state index contributed by atoms with van der Waals surface area (Å²) < 4.78 is 27.6. The third kappa shape index (κ3) is 3.55. The highest BCUT2D eigenvalue weighted by Crippen LogP contribution is 2.27. The summed E-state index contributed by atoms with van der Waals surface area (Å²) in [6.45, 7) is 0. The predicted octanol–water partition coefficient (Wildman–Crippen LogP) is 4.13. The lowest BCUT2D eigenvalue weighted by Crippen LogP contribution is -2.30. The second-order valence-electron chi connectivity index (χ2n) is 4.32. The van der Waals surface area contributed by atoms with E-state index in [-0.39, 0.29) is 5.82 Å². The fourth-order valence-corrected chi connectivity index (χ4v) is 2.62. The van der Waals surface area contributed by atoms with Gasteiger partial charge in [-0.15, -0.1) is 0 Å². The largest absolute Gasteiger partial charge is 0.271 e. The summed E-state index contributed by atoms with van der Waals surface area (Å²) in [4.78, 5) is 0. The zero-order valence-corrected chi connectivity index (χ0v) is 12.7. The first-order valence-corrected chi connectivity index (χ1v) is 7.03. The van der Waals surface area contributed by atoms with Crippen LogP contribution in [0.25, 0.3) is 0 Å². The molecule has 3 N–H and O–H groups in total. The van der Waals surface area contributed by atoms with Gasteiger partial charge >= 0.3 is 0 Å². The van der Waals surface area contributed by atoms with Gasteiger partial charge in [-0.05, 0) is 36.2 Å². The molecular formula is C14H12BrClF2N2. The Labute approximate surface area is 129 Å². The van der Waals surface area contributed by atoms with E-state index >= 15 is 0 Å². The number of hydrogen-bond acceptors (Lipinski definition) is 2. The summed E-state index contributed by atoms with van der Waals surface area (Å²) in [5.41, 5.74) is 3.80. The standard InChI is InChI=1S/C14H12BrClF2N2/c15-12-7-10(17)3-1-8(12)5-14(20-19)11-4-2-9(16)6-13(11)18/h1-4,6-7,14,20H,5,19H2. The number of benzene rings is 2. The topological polar surface area (TPSA) is 38.0 Å². The molecule has 6 heteroatoms. The van der Waals surface area contributed by atoms with E-state index in [1.54, 1.807) is 18.2 Å². The van der Waals surface area contributed by atoms with Crippen molar-refractivity contribution in [1.29, 1.82) is 0 Å². The zero-order chi connectivity index (χ0) is 14.7. The molecule has 0 bridgehead atoms. The number of hydrogen-bond donors (Lipinski definition) is 2. The minimum absolute atomic E-state index is 0.324. The van der Waals surface area contributed by atoms with Crippen molar-refractivity contribution in [2.45, 2.75) is 12.5 Å². The van der Waals surface area contributed by atoms with Gasteiger partial charge in [0, 0.05) is 15.1 Å². The van der Waals surface area contributed by atoms with Gasteiger partial charge in [-0.1, -0.05) is 39.7 Å². The van der Waals surface area contributed by atoms with Crippen LogP contribution < -0.4 is 11.3 Å². The van der Waals surface area contributed by atoms with Gasteiger partial charge in [0.25, 0.3) is 0 Å². The van der Waals surface area contributed by atoms with Crippen LogP contribution in [0.2, 0.25) is 5.02 Å². The highest BCUT2D eigenvalue weighted by atomic mass is 79.9. The molecule has 0 aliphatic carbocycles. The molecule has 20 heavy (non-hydrogen) atoms. The maximum Gasteiger partial charge on any atom is 0.129 e. The number of nitrogens with one attached hydrogen (secondary N) is 1. The van der Waals surface area contributed by atoms with Gasteiger partial charge in [0.1, 0.15) is 11.6 Å². The second kappa shape index (κ2) is 6.63. The Morgan fingerprint density at radius 1 is 1.20 bits per heavy atom. The molecule has 106 valence electrons. The molecular weight excluding hydrogens is 350 g/mol. The molecule has 0 heterocycles. The van der Waals surface area contributed by atoms with Crippen molar-refractivity contribution in [1.82, 2.24) is 5.43 Å². The summed E-state index contributed by atoms with van der Waals surface area (Å²) in [5, 5.41) is 0.324. The smallest absolute Gasteiger partial charge is 0.129 e. The monoisotopic (exact) mass is 360 g/mol. The van der Waals surface area contributed by atoms with E-state index in [0.717, 1.165) is 5.56 Å². The lowest BCUT2D eigenvalue weighted by Gasteiger charge is -2.18. The van der Waals surface area contributed by atoms with Crippen LogP contribution in [-0.2, 0) is 6.42 Å². The van der Waals surface area contributed by atoms with Crippen molar-refractivity contribution in [2.24, 2.45) is 5.84 Å². The molecule has 2 nitrogen and oxygen atoms in total. The number of nitrogens with two attached hydrogens (primary N) is 1.